The first-order valence-corrected chi connectivity index (χ1v) is 5.54. The van der Waals surface area contributed by atoms with Crippen LogP contribution in [0.5, 0.6) is 0 Å². The summed E-state index contributed by atoms with van der Waals surface area (Å²) in [4.78, 5) is 11.3. The molecule has 1 amide bonds. The van der Waals surface area contributed by atoms with E-state index in [2.05, 4.69) is 5.32 Å². The van der Waals surface area contributed by atoms with Gasteiger partial charge in [0.15, 0.2) is 0 Å². The van der Waals surface area contributed by atoms with Gasteiger partial charge in [-0.1, -0.05) is 13.8 Å². The molecule has 0 aliphatic heterocycles. The first-order valence-electron chi connectivity index (χ1n) is 5.54. The second-order valence-corrected chi connectivity index (χ2v) is 4.44. The fourth-order valence-corrected chi connectivity index (χ4v) is 1.34. The fourth-order valence-electron chi connectivity index (χ4n) is 1.34. The van der Waals surface area contributed by atoms with Crippen molar-refractivity contribution in [2.24, 2.45) is 5.92 Å². The summed E-state index contributed by atoms with van der Waals surface area (Å²) in [7, 11) is -1.74. The van der Waals surface area contributed by atoms with Crippen LogP contribution in [0.1, 0.15) is 20.3 Å². The number of rotatable bonds is 7. The third-order valence-electron chi connectivity index (χ3n) is 2.04. The lowest BCUT2D eigenvalue weighted by Gasteiger charge is -2.19. The molecular formula is C9H18BF3N2O3. The summed E-state index contributed by atoms with van der Waals surface area (Å²) in [5.41, 5.74) is 0. The molecule has 0 saturated carbocycles. The molecule has 5 nitrogen and oxygen atoms in total. The molecule has 0 fully saturated rings. The molecule has 0 aromatic heterocycles. The number of nitrogens with one attached hydrogen (secondary N) is 2. The average molecular weight is 270 g/mol. The zero-order valence-electron chi connectivity index (χ0n) is 10.3. The van der Waals surface area contributed by atoms with E-state index in [1.54, 1.807) is 0 Å². The lowest BCUT2D eigenvalue weighted by Crippen LogP contribution is -2.50. The topological polar surface area (TPSA) is 81.6 Å². The van der Waals surface area contributed by atoms with Crippen LogP contribution in [0.4, 0.5) is 13.2 Å². The molecule has 106 valence electrons. The number of carbonyl (C=O) groups excluding carboxylic acids is 1. The zero-order valence-corrected chi connectivity index (χ0v) is 10.3. The van der Waals surface area contributed by atoms with Crippen molar-refractivity contribution in [3.63, 3.8) is 0 Å². The van der Waals surface area contributed by atoms with Gasteiger partial charge in [0.05, 0.1) is 19.0 Å². The lowest BCUT2D eigenvalue weighted by molar-refractivity contribution is -0.128. The normalized spacial score (nSPS) is 13.6. The summed E-state index contributed by atoms with van der Waals surface area (Å²) < 4.78 is 35.4. The van der Waals surface area contributed by atoms with E-state index in [0.717, 1.165) is 0 Å². The standard InChI is InChI=1S/C9H18BF3N2O3/c1-6(2)3-7(10(17)18)15-8(16)4-14-5-9(11,12)13/h6-7,14,17-18H,3-5H2,1-2H3,(H,15,16). The molecule has 0 aliphatic carbocycles. The van der Waals surface area contributed by atoms with Crippen LogP contribution in [0.25, 0.3) is 0 Å². The van der Waals surface area contributed by atoms with Crippen LogP contribution in [0, 0.1) is 5.92 Å². The van der Waals surface area contributed by atoms with E-state index in [-0.39, 0.29) is 5.92 Å². The molecule has 0 spiro atoms. The third kappa shape index (κ3) is 9.26. The molecule has 1 atom stereocenters. The Balaban J connectivity index is 4.03. The van der Waals surface area contributed by atoms with Crippen molar-refractivity contribution >= 4 is 13.0 Å². The van der Waals surface area contributed by atoms with Crippen LogP contribution >= 0.6 is 0 Å². The number of hydrogen-bond donors (Lipinski definition) is 4. The second-order valence-electron chi connectivity index (χ2n) is 4.44. The molecule has 0 aromatic carbocycles. The van der Waals surface area contributed by atoms with Crippen LogP contribution in [-0.4, -0.2) is 48.3 Å². The van der Waals surface area contributed by atoms with Gasteiger partial charge in [-0.15, -0.1) is 0 Å². The molecule has 4 N–H and O–H groups in total. The zero-order chi connectivity index (χ0) is 14.3. The molecule has 0 bridgehead atoms. The Hall–Kier alpha value is -0.795. The van der Waals surface area contributed by atoms with Gasteiger partial charge in [0.2, 0.25) is 5.91 Å². The maximum Gasteiger partial charge on any atom is 0.475 e. The average Bonchev–Trinajstić information content (AvgIpc) is 2.13. The van der Waals surface area contributed by atoms with Crippen molar-refractivity contribution in [3.05, 3.63) is 0 Å². The van der Waals surface area contributed by atoms with Crippen LogP contribution < -0.4 is 10.6 Å². The van der Waals surface area contributed by atoms with E-state index in [4.69, 9.17) is 10.0 Å². The Kier molecular flexibility index (Phi) is 7.26. The first kappa shape index (κ1) is 17.2. The Labute approximate surface area is 104 Å². The van der Waals surface area contributed by atoms with Crippen molar-refractivity contribution in [2.75, 3.05) is 13.1 Å². The lowest BCUT2D eigenvalue weighted by atomic mass is 9.75. The highest BCUT2D eigenvalue weighted by Crippen LogP contribution is 2.11. The van der Waals surface area contributed by atoms with Gasteiger partial charge in [-0.25, -0.2) is 0 Å². The number of hydrogen-bond acceptors (Lipinski definition) is 4. The van der Waals surface area contributed by atoms with E-state index in [1.807, 2.05) is 19.2 Å². The molecular weight excluding hydrogens is 252 g/mol. The summed E-state index contributed by atoms with van der Waals surface area (Å²) in [5.74, 6) is -1.48. The molecule has 1 unspecified atom stereocenters. The van der Waals surface area contributed by atoms with Gasteiger partial charge in [-0.05, 0) is 12.3 Å². The van der Waals surface area contributed by atoms with Crippen LogP contribution in [0.15, 0.2) is 0 Å². The van der Waals surface area contributed by atoms with E-state index in [9.17, 15) is 18.0 Å². The van der Waals surface area contributed by atoms with Gasteiger partial charge in [0.1, 0.15) is 0 Å². The van der Waals surface area contributed by atoms with Gasteiger partial charge in [0, 0.05) is 0 Å². The van der Waals surface area contributed by atoms with Gasteiger partial charge in [-0.3, -0.25) is 4.79 Å². The Morgan fingerprint density at radius 2 is 1.89 bits per heavy atom. The van der Waals surface area contributed by atoms with E-state index >= 15 is 0 Å². The Morgan fingerprint density at radius 3 is 2.28 bits per heavy atom. The maximum absolute atomic E-state index is 11.8. The molecule has 0 heterocycles. The smallest absolute Gasteiger partial charge is 0.426 e. The highest BCUT2D eigenvalue weighted by molar-refractivity contribution is 6.43. The highest BCUT2D eigenvalue weighted by atomic mass is 19.4. The first-order chi connectivity index (χ1) is 8.11. The van der Waals surface area contributed by atoms with Crippen molar-refractivity contribution < 1.29 is 28.0 Å². The summed E-state index contributed by atoms with van der Waals surface area (Å²) >= 11 is 0. The van der Waals surface area contributed by atoms with Crippen LogP contribution in [0.2, 0.25) is 0 Å². The van der Waals surface area contributed by atoms with Gasteiger partial charge >= 0.3 is 13.3 Å². The molecule has 0 radical (unpaired) electrons. The molecule has 0 rings (SSSR count). The van der Waals surface area contributed by atoms with E-state index < -0.39 is 38.2 Å². The minimum Gasteiger partial charge on any atom is -0.426 e. The third-order valence-corrected chi connectivity index (χ3v) is 2.04. The van der Waals surface area contributed by atoms with Gasteiger partial charge in [-0.2, -0.15) is 13.2 Å². The van der Waals surface area contributed by atoms with Gasteiger partial charge < -0.3 is 20.7 Å². The number of halogens is 3. The Morgan fingerprint density at radius 1 is 1.33 bits per heavy atom. The van der Waals surface area contributed by atoms with Crippen molar-refractivity contribution in [2.45, 2.75) is 32.4 Å². The molecule has 0 saturated heterocycles. The number of amides is 1. The fraction of sp³-hybridized carbons (Fsp3) is 0.889. The molecule has 0 aromatic rings. The summed E-state index contributed by atoms with van der Waals surface area (Å²) in [5, 5.41) is 22.2. The largest absolute Gasteiger partial charge is 0.475 e. The second kappa shape index (κ2) is 7.60. The van der Waals surface area contributed by atoms with Crippen LogP contribution in [-0.2, 0) is 4.79 Å². The van der Waals surface area contributed by atoms with E-state index in [1.165, 1.54) is 0 Å². The monoisotopic (exact) mass is 270 g/mol. The molecule has 0 aliphatic rings. The summed E-state index contributed by atoms with van der Waals surface area (Å²) in [6, 6.07) is 0. The minimum atomic E-state index is -4.38. The van der Waals surface area contributed by atoms with Gasteiger partial charge in [0.25, 0.3) is 0 Å². The molecule has 18 heavy (non-hydrogen) atoms. The minimum absolute atomic E-state index is 0.111. The maximum atomic E-state index is 11.8. The number of alkyl halides is 3. The van der Waals surface area contributed by atoms with Crippen molar-refractivity contribution in [1.29, 1.82) is 0 Å². The predicted octanol–water partition coefficient (Wildman–Crippen LogP) is -0.319. The summed E-state index contributed by atoms with van der Waals surface area (Å²) in [6.45, 7) is 1.85. The molecule has 9 heteroatoms. The quantitative estimate of drug-likeness (QED) is 0.478. The highest BCUT2D eigenvalue weighted by Gasteiger charge is 2.28. The Bertz CT molecular complexity index is 262. The summed E-state index contributed by atoms with van der Waals surface area (Å²) in [6.07, 6.45) is -4.06. The van der Waals surface area contributed by atoms with Crippen LogP contribution in [0.3, 0.4) is 0 Å². The van der Waals surface area contributed by atoms with Crippen molar-refractivity contribution in [3.8, 4) is 0 Å². The van der Waals surface area contributed by atoms with Crippen molar-refractivity contribution in [1.82, 2.24) is 10.6 Å². The number of carbonyl (C=O) groups is 1. The predicted molar refractivity (Wildman–Crippen MR) is 60.5 cm³/mol. The SMILES string of the molecule is CC(C)CC(NC(=O)CNCC(F)(F)F)B(O)O. The van der Waals surface area contributed by atoms with E-state index in [0.29, 0.717) is 6.42 Å².